The van der Waals surface area contributed by atoms with Crippen molar-refractivity contribution in [2.24, 2.45) is 5.41 Å². The van der Waals surface area contributed by atoms with Crippen molar-refractivity contribution in [3.8, 4) is 0 Å². The lowest BCUT2D eigenvalue weighted by Crippen LogP contribution is -2.57. The first-order valence-electron chi connectivity index (χ1n) is 9.57. The van der Waals surface area contributed by atoms with Crippen molar-refractivity contribution in [1.29, 1.82) is 0 Å². The van der Waals surface area contributed by atoms with Gasteiger partial charge in [0.05, 0.1) is 5.75 Å². The number of benzene rings is 1. The Morgan fingerprint density at radius 1 is 1.32 bits per heavy atom. The lowest BCUT2D eigenvalue weighted by Gasteiger charge is -2.57. The molecule has 3 fully saturated rings. The Morgan fingerprint density at radius 2 is 2.07 bits per heavy atom. The molecule has 2 heterocycles. The SMILES string of the molecule is CN1C(C(=O)NC2CC3(C2)CC(c2nc4cc(Cl)ccc4o2)C3)CCS1(=O)=O. The summed E-state index contributed by atoms with van der Waals surface area (Å²) in [4.78, 5) is 17.0. The summed E-state index contributed by atoms with van der Waals surface area (Å²) < 4.78 is 30.6. The average molecular weight is 424 g/mol. The molecule has 150 valence electrons. The van der Waals surface area contributed by atoms with Gasteiger partial charge in [-0.2, -0.15) is 4.31 Å². The largest absolute Gasteiger partial charge is 0.440 e. The van der Waals surface area contributed by atoms with Crippen LogP contribution in [0.5, 0.6) is 0 Å². The number of nitrogens with one attached hydrogen (secondary N) is 1. The highest BCUT2D eigenvalue weighted by Crippen LogP contribution is 2.61. The Labute approximate surface area is 168 Å². The number of aromatic nitrogens is 1. The second-order valence-corrected chi connectivity index (χ2v) is 11.1. The smallest absolute Gasteiger partial charge is 0.238 e. The first-order valence-corrected chi connectivity index (χ1v) is 11.6. The van der Waals surface area contributed by atoms with Gasteiger partial charge in [-0.1, -0.05) is 11.6 Å². The molecule has 1 aromatic heterocycles. The molecule has 0 radical (unpaired) electrons. The number of carbonyl (C=O) groups excluding carboxylic acids is 1. The molecule has 1 spiro atoms. The molecule has 2 saturated carbocycles. The number of amides is 1. The molecule has 1 saturated heterocycles. The zero-order chi connectivity index (χ0) is 19.7. The normalized spacial score (nSPS) is 34.3. The third-order valence-electron chi connectivity index (χ3n) is 6.61. The van der Waals surface area contributed by atoms with Crippen LogP contribution in [0.3, 0.4) is 0 Å². The molecule has 1 aromatic carbocycles. The first-order chi connectivity index (χ1) is 13.2. The Balaban J connectivity index is 1.15. The van der Waals surface area contributed by atoms with Crippen LogP contribution in [0.1, 0.15) is 43.9 Å². The fourth-order valence-electron chi connectivity index (χ4n) is 5.05. The minimum atomic E-state index is -3.27. The number of hydrogen-bond donors (Lipinski definition) is 1. The highest BCUT2D eigenvalue weighted by molar-refractivity contribution is 7.89. The van der Waals surface area contributed by atoms with Crippen LogP contribution in [0, 0.1) is 5.41 Å². The zero-order valence-electron chi connectivity index (χ0n) is 15.5. The fourth-order valence-corrected chi connectivity index (χ4v) is 6.61. The number of carbonyl (C=O) groups is 1. The van der Waals surface area contributed by atoms with E-state index in [-0.39, 0.29) is 23.1 Å². The lowest BCUT2D eigenvalue weighted by atomic mass is 9.50. The average Bonchev–Trinajstić information content (AvgIpc) is 3.09. The van der Waals surface area contributed by atoms with Crippen LogP contribution in [0.4, 0.5) is 0 Å². The second kappa shape index (κ2) is 6.18. The molecular weight excluding hydrogens is 402 g/mol. The van der Waals surface area contributed by atoms with E-state index in [0.717, 1.165) is 42.7 Å². The van der Waals surface area contributed by atoms with E-state index in [1.165, 1.54) is 11.4 Å². The molecule has 2 aromatic rings. The topological polar surface area (TPSA) is 92.5 Å². The van der Waals surface area contributed by atoms with Gasteiger partial charge in [-0.05, 0) is 55.7 Å². The molecule has 5 rings (SSSR count). The highest BCUT2D eigenvalue weighted by atomic mass is 35.5. The van der Waals surface area contributed by atoms with Gasteiger partial charge in [-0.15, -0.1) is 0 Å². The monoisotopic (exact) mass is 423 g/mol. The third-order valence-corrected chi connectivity index (χ3v) is 8.73. The van der Waals surface area contributed by atoms with E-state index in [1.54, 1.807) is 6.07 Å². The van der Waals surface area contributed by atoms with E-state index in [9.17, 15) is 13.2 Å². The van der Waals surface area contributed by atoms with Gasteiger partial charge in [0, 0.05) is 24.0 Å². The summed E-state index contributed by atoms with van der Waals surface area (Å²) in [6, 6.07) is 5.02. The Hall–Kier alpha value is -1.64. The molecule has 1 aliphatic heterocycles. The molecule has 1 amide bonds. The van der Waals surface area contributed by atoms with Crippen molar-refractivity contribution in [2.75, 3.05) is 12.8 Å². The Kier molecular flexibility index (Phi) is 4.06. The lowest BCUT2D eigenvalue weighted by molar-refractivity contribution is -0.128. The van der Waals surface area contributed by atoms with E-state index in [0.29, 0.717) is 17.4 Å². The van der Waals surface area contributed by atoms with Gasteiger partial charge in [0.25, 0.3) is 0 Å². The van der Waals surface area contributed by atoms with E-state index in [2.05, 4.69) is 10.3 Å². The van der Waals surface area contributed by atoms with Gasteiger partial charge in [0.1, 0.15) is 11.6 Å². The molecule has 2 aliphatic carbocycles. The number of likely N-dealkylation sites (N-methyl/N-ethyl adjacent to an activating group) is 1. The molecule has 1 unspecified atom stereocenters. The molecule has 28 heavy (non-hydrogen) atoms. The van der Waals surface area contributed by atoms with Crippen molar-refractivity contribution in [2.45, 2.75) is 50.1 Å². The standard InChI is InChI=1S/C19H22ClN3O4S/c1-23-15(4-5-28(23,25)26)17(24)21-13-9-19(10-13)7-11(8-19)18-22-14-6-12(20)2-3-16(14)27-18/h2-3,6,11,13,15H,4-5,7-10H2,1H3,(H,21,24). The van der Waals surface area contributed by atoms with E-state index in [1.807, 2.05) is 12.1 Å². The Bertz CT molecular complexity index is 1050. The maximum absolute atomic E-state index is 12.4. The summed E-state index contributed by atoms with van der Waals surface area (Å²) in [5.74, 6) is 0.963. The predicted octanol–water partition coefficient (Wildman–Crippen LogP) is 2.66. The summed E-state index contributed by atoms with van der Waals surface area (Å²) in [6.45, 7) is 0. The van der Waals surface area contributed by atoms with Crippen LogP contribution in [0.2, 0.25) is 5.02 Å². The van der Waals surface area contributed by atoms with Gasteiger partial charge in [0.15, 0.2) is 11.5 Å². The molecule has 3 aliphatic rings. The van der Waals surface area contributed by atoms with Crippen LogP contribution in [-0.2, 0) is 14.8 Å². The maximum Gasteiger partial charge on any atom is 0.238 e. The minimum Gasteiger partial charge on any atom is -0.440 e. The molecular formula is C19H22ClN3O4S. The Morgan fingerprint density at radius 3 is 2.75 bits per heavy atom. The fraction of sp³-hybridized carbons (Fsp3) is 0.579. The number of hydrogen-bond acceptors (Lipinski definition) is 5. The molecule has 7 nitrogen and oxygen atoms in total. The van der Waals surface area contributed by atoms with Crippen molar-refractivity contribution in [3.05, 3.63) is 29.1 Å². The van der Waals surface area contributed by atoms with Crippen LogP contribution in [-0.4, -0.2) is 48.5 Å². The number of rotatable bonds is 3. The summed E-state index contributed by atoms with van der Waals surface area (Å²) >= 11 is 6.01. The van der Waals surface area contributed by atoms with E-state index in [4.69, 9.17) is 16.0 Å². The number of fused-ring (bicyclic) bond motifs is 1. The van der Waals surface area contributed by atoms with Crippen LogP contribution < -0.4 is 5.32 Å². The first kappa shape index (κ1) is 18.4. The predicted molar refractivity (Wildman–Crippen MR) is 105 cm³/mol. The van der Waals surface area contributed by atoms with Gasteiger partial charge < -0.3 is 9.73 Å². The number of halogens is 1. The quantitative estimate of drug-likeness (QED) is 0.819. The van der Waals surface area contributed by atoms with Crippen molar-refractivity contribution >= 4 is 38.6 Å². The molecule has 0 bridgehead atoms. The summed E-state index contributed by atoms with van der Waals surface area (Å²) in [5, 5.41) is 3.68. The van der Waals surface area contributed by atoms with Crippen molar-refractivity contribution in [3.63, 3.8) is 0 Å². The van der Waals surface area contributed by atoms with Crippen LogP contribution >= 0.6 is 11.6 Å². The minimum absolute atomic E-state index is 0.0492. The van der Waals surface area contributed by atoms with Crippen LogP contribution in [0.15, 0.2) is 22.6 Å². The number of oxazole rings is 1. The van der Waals surface area contributed by atoms with E-state index < -0.39 is 16.1 Å². The second-order valence-electron chi connectivity index (χ2n) is 8.52. The molecule has 1 N–H and O–H groups in total. The van der Waals surface area contributed by atoms with Crippen molar-refractivity contribution in [1.82, 2.24) is 14.6 Å². The van der Waals surface area contributed by atoms with Crippen molar-refractivity contribution < 1.29 is 17.6 Å². The molecule has 1 atom stereocenters. The van der Waals surface area contributed by atoms with Gasteiger partial charge in [-0.3, -0.25) is 4.79 Å². The molecule has 9 heteroatoms. The van der Waals surface area contributed by atoms with Gasteiger partial charge in [-0.25, -0.2) is 13.4 Å². The zero-order valence-corrected chi connectivity index (χ0v) is 17.1. The summed E-state index contributed by atoms with van der Waals surface area (Å²) in [5.41, 5.74) is 1.81. The van der Waals surface area contributed by atoms with E-state index >= 15 is 0 Å². The highest BCUT2D eigenvalue weighted by Gasteiger charge is 2.55. The van der Waals surface area contributed by atoms with Gasteiger partial charge in [0.2, 0.25) is 15.9 Å². The third kappa shape index (κ3) is 2.93. The van der Waals surface area contributed by atoms with Gasteiger partial charge >= 0.3 is 0 Å². The summed E-state index contributed by atoms with van der Waals surface area (Å²) in [7, 11) is -1.78. The summed E-state index contributed by atoms with van der Waals surface area (Å²) in [6.07, 6.45) is 4.26. The number of nitrogens with zero attached hydrogens (tertiary/aromatic N) is 2. The van der Waals surface area contributed by atoms with Crippen LogP contribution in [0.25, 0.3) is 11.1 Å². The number of sulfonamides is 1. The maximum atomic E-state index is 12.4.